The standard InChI is InChI=1S/C15H24ClN3O/c1-10(2)19-6-7-20-11(9-19)14-17-12(15(3,4)5)8-13(16)18-14/h8,10-11H,6-7,9H2,1-5H3. The fraction of sp³-hybridized carbons (Fsp3) is 0.733. The maximum absolute atomic E-state index is 6.15. The van der Waals surface area contributed by atoms with E-state index in [-0.39, 0.29) is 11.5 Å². The van der Waals surface area contributed by atoms with Gasteiger partial charge in [-0.05, 0) is 19.9 Å². The smallest absolute Gasteiger partial charge is 0.160 e. The first kappa shape index (κ1) is 15.7. The minimum atomic E-state index is -0.0917. The third-order valence-corrected chi connectivity index (χ3v) is 3.79. The highest BCUT2D eigenvalue weighted by atomic mass is 35.5. The molecule has 20 heavy (non-hydrogen) atoms. The van der Waals surface area contributed by atoms with Crippen molar-refractivity contribution in [2.24, 2.45) is 0 Å². The maximum Gasteiger partial charge on any atom is 0.160 e. The molecule has 2 rings (SSSR count). The number of ether oxygens (including phenoxy) is 1. The van der Waals surface area contributed by atoms with E-state index in [0.717, 1.165) is 18.8 Å². The van der Waals surface area contributed by atoms with Gasteiger partial charge in [-0.1, -0.05) is 32.4 Å². The average Bonchev–Trinajstić information content (AvgIpc) is 2.37. The Morgan fingerprint density at radius 1 is 1.35 bits per heavy atom. The van der Waals surface area contributed by atoms with Crippen LogP contribution in [0.3, 0.4) is 0 Å². The van der Waals surface area contributed by atoms with E-state index in [0.29, 0.717) is 23.6 Å². The quantitative estimate of drug-likeness (QED) is 0.786. The lowest BCUT2D eigenvalue weighted by atomic mass is 9.92. The fourth-order valence-electron chi connectivity index (χ4n) is 2.26. The lowest BCUT2D eigenvalue weighted by Crippen LogP contribution is -2.42. The second kappa shape index (κ2) is 5.96. The molecule has 0 amide bonds. The molecule has 112 valence electrons. The summed E-state index contributed by atoms with van der Waals surface area (Å²) in [5.74, 6) is 0.702. The molecule has 0 aliphatic carbocycles. The molecule has 1 aliphatic rings. The van der Waals surface area contributed by atoms with Crippen molar-refractivity contribution in [1.29, 1.82) is 0 Å². The number of nitrogens with zero attached hydrogens (tertiary/aromatic N) is 3. The third kappa shape index (κ3) is 3.68. The summed E-state index contributed by atoms with van der Waals surface area (Å²) >= 11 is 6.15. The van der Waals surface area contributed by atoms with Crippen LogP contribution in [0.4, 0.5) is 0 Å². The molecule has 0 saturated carbocycles. The topological polar surface area (TPSA) is 38.2 Å². The lowest BCUT2D eigenvalue weighted by Gasteiger charge is -2.35. The van der Waals surface area contributed by atoms with E-state index in [1.54, 1.807) is 0 Å². The number of morpholine rings is 1. The van der Waals surface area contributed by atoms with E-state index in [4.69, 9.17) is 16.3 Å². The van der Waals surface area contributed by atoms with E-state index in [9.17, 15) is 0 Å². The van der Waals surface area contributed by atoms with E-state index < -0.39 is 0 Å². The normalized spacial score (nSPS) is 21.4. The minimum Gasteiger partial charge on any atom is -0.368 e. The summed E-state index contributed by atoms with van der Waals surface area (Å²) in [5.41, 5.74) is 0.908. The van der Waals surface area contributed by atoms with Gasteiger partial charge >= 0.3 is 0 Å². The van der Waals surface area contributed by atoms with Gasteiger partial charge in [-0.3, -0.25) is 4.90 Å². The molecule has 1 fully saturated rings. The van der Waals surface area contributed by atoms with E-state index >= 15 is 0 Å². The summed E-state index contributed by atoms with van der Waals surface area (Å²) in [4.78, 5) is 11.4. The van der Waals surface area contributed by atoms with Gasteiger partial charge in [0.05, 0.1) is 12.3 Å². The van der Waals surface area contributed by atoms with Crippen LogP contribution in [0.5, 0.6) is 0 Å². The molecule has 0 spiro atoms. The van der Waals surface area contributed by atoms with Crippen molar-refractivity contribution in [3.8, 4) is 0 Å². The molecule has 0 radical (unpaired) electrons. The maximum atomic E-state index is 6.15. The molecular weight excluding hydrogens is 274 g/mol. The zero-order valence-corrected chi connectivity index (χ0v) is 13.7. The summed E-state index contributed by atoms with van der Waals surface area (Å²) in [6.07, 6.45) is -0.0917. The van der Waals surface area contributed by atoms with E-state index in [2.05, 4.69) is 49.5 Å². The lowest BCUT2D eigenvalue weighted by molar-refractivity contribution is -0.0444. The highest BCUT2D eigenvalue weighted by Crippen LogP contribution is 2.26. The summed E-state index contributed by atoms with van der Waals surface area (Å²) in [7, 11) is 0. The third-order valence-electron chi connectivity index (χ3n) is 3.60. The van der Waals surface area contributed by atoms with Crippen molar-refractivity contribution >= 4 is 11.6 Å². The molecule has 1 atom stereocenters. The Labute approximate surface area is 126 Å². The highest BCUT2D eigenvalue weighted by Gasteiger charge is 2.27. The molecule has 1 saturated heterocycles. The van der Waals surface area contributed by atoms with Crippen LogP contribution in [0.15, 0.2) is 6.07 Å². The Morgan fingerprint density at radius 3 is 2.65 bits per heavy atom. The zero-order valence-electron chi connectivity index (χ0n) is 13.0. The van der Waals surface area contributed by atoms with Crippen LogP contribution >= 0.6 is 11.6 Å². The van der Waals surface area contributed by atoms with Gasteiger partial charge in [0.15, 0.2) is 5.82 Å². The minimum absolute atomic E-state index is 0.0479. The van der Waals surface area contributed by atoms with Crippen molar-refractivity contribution in [3.05, 3.63) is 22.7 Å². The largest absolute Gasteiger partial charge is 0.368 e. The van der Waals surface area contributed by atoms with Crippen LogP contribution in [0.25, 0.3) is 0 Å². The SMILES string of the molecule is CC(C)N1CCOC(c2nc(Cl)cc(C(C)(C)C)n2)C1. The van der Waals surface area contributed by atoms with Gasteiger partial charge in [0.1, 0.15) is 11.3 Å². The second-order valence-corrected chi connectivity index (χ2v) is 7.02. The van der Waals surface area contributed by atoms with Gasteiger partial charge in [0.25, 0.3) is 0 Å². The van der Waals surface area contributed by atoms with Crippen LogP contribution in [0.1, 0.15) is 52.2 Å². The monoisotopic (exact) mass is 297 g/mol. The van der Waals surface area contributed by atoms with Crippen molar-refractivity contribution in [2.45, 2.75) is 52.2 Å². The summed E-state index contributed by atoms with van der Waals surface area (Å²) < 4.78 is 5.84. The Kier molecular flexibility index (Phi) is 4.67. The van der Waals surface area contributed by atoms with Crippen LogP contribution in [0, 0.1) is 0 Å². The Bertz CT molecular complexity index is 471. The predicted octanol–water partition coefficient (Wildman–Crippen LogP) is 3.21. The average molecular weight is 298 g/mol. The summed E-state index contributed by atoms with van der Waals surface area (Å²) in [6, 6.07) is 2.34. The predicted molar refractivity (Wildman–Crippen MR) is 81.1 cm³/mol. The molecule has 1 aromatic heterocycles. The van der Waals surface area contributed by atoms with Crippen molar-refractivity contribution in [2.75, 3.05) is 19.7 Å². The van der Waals surface area contributed by atoms with Gasteiger partial charge in [0.2, 0.25) is 0 Å². The van der Waals surface area contributed by atoms with Crippen molar-refractivity contribution < 1.29 is 4.74 Å². The van der Waals surface area contributed by atoms with Gasteiger partial charge < -0.3 is 4.74 Å². The first-order valence-electron chi connectivity index (χ1n) is 7.18. The van der Waals surface area contributed by atoms with Crippen molar-refractivity contribution in [3.63, 3.8) is 0 Å². The van der Waals surface area contributed by atoms with Gasteiger partial charge in [0, 0.05) is 24.5 Å². The van der Waals surface area contributed by atoms with Gasteiger partial charge in [-0.25, -0.2) is 9.97 Å². The molecule has 5 heteroatoms. The molecule has 0 bridgehead atoms. The second-order valence-electron chi connectivity index (χ2n) is 6.63. The summed E-state index contributed by atoms with van der Waals surface area (Å²) in [5, 5.41) is 0.491. The van der Waals surface area contributed by atoms with Crippen molar-refractivity contribution in [1.82, 2.24) is 14.9 Å². The number of rotatable bonds is 2. The van der Waals surface area contributed by atoms with Gasteiger partial charge in [-0.15, -0.1) is 0 Å². The number of aromatic nitrogens is 2. The number of halogens is 1. The number of hydrogen-bond donors (Lipinski definition) is 0. The van der Waals surface area contributed by atoms with E-state index in [1.165, 1.54) is 0 Å². The zero-order chi connectivity index (χ0) is 14.9. The molecule has 2 heterocycles. The fourth-order valence-corrected chi connectivity index (χ4v) is 2.45. The molecule has 1 unspecified atom stereocenters. The molecule has 0 N–H and O–H groups in total. The Morgan fingerprint density at radius 2 is 2.05 bits per heavy atom. The Balaban J connectivity index is 2.26. The van der Waals surface area contributed by atoms with Crippen LogP contribution < -0.4 is 0 Å². The van der Waals surface area contributed by atoms with Crippen LogP contribution in [0.2, 0.25) is 5.15 Å². The van der Waals surface area contributed by atoms with E-state index in [1.807, 2.05) is 6.07 Å². The van der Waals surface area contributed by atoms with Crippen LogP contribution in [-0.2, 0) is 10.2 Å². The first-order valence-corrected chi connectivity index (χ1v) is 7.56. The first-order chi connectivity index (χ1) is 9.27. The van der Waals surface area contributed by atoms with Crippen LogP contribution in [-0.4, -0.2) is 40.6 Å². The molecule has 4 nitrogen and oxygen atoms in total. The molecule has 1 aromatic rings. The summed E-state index contributed by atoms with van der Waals surface area (Å²) in [6.45, 7) is 13.3. The molecule has 1 aliphatic heterocycles. The highest BCUT2D eigenvalue weighted by molar-refractivity contribution is 6.29. The number of hydrogen-bond acceptors (Lipinski definition) is 4. The molecular formula is C15H24ClN3O. The molecule has 0 aromatic carbocycles. The van der Waals surface area contributed by atoms with Gasteiger partial charge in [-0.2, -0.15) is 0 Å². The Hall–Kier alpha value is -0.710.